The van der Waals surface area contributed by atoms with Crippen molar-refractivity contribution in [2.45, 2.75) is 45.4 Å². The Balaban J connectivity index is 2.44. The van der Waals surface area contributed by atoms with Gasteiger partial charge in [-0.15, -0.1) is 0 Å². The van der Waals surface area contributed by atoms with Gasteiger partial charge in [0.25, 0.3) is 5.91 Å². The number of carbonyl (C=O) groups is 1. The second-order valence-electron chi connectivity index (χ2n) is 6.35. The van der Waals surface area contributed by atoms with Gasteiger partial charge in [0.05, 0.1) is 0 Å². The molecule has 0 aliphatic carbocycles. The van der Waals surface area contributed by atoms with Crippen molar-refractivity contribution in [1.82, 2.24) is 4.31 Å². The number of amides is 1. The van der Waals surface area contributed by atoms with Crippen molar-refractivity contribution in [3.8, 4) is 0 Å². The fourth-order valence-electron chi connectivity index (χ4n) is 3.13. The largest absolute Gasteiger partial charge is 0.321 e. The van der Waals surface area contributed by atoms with Crippen LogP contribution in [0.4, 0.5) is 10.1 Å². The van der Waals surface area contributed by atoms with Crippen LogP contribution in [0.25, 0.3) is 0 Å². The predicted molar refractivity (Wildman–Crippen MR) is 110 cm³/mol. The highest BCUT2D eigenvalue weighted by Gasteiger charge is 2.26. The number of anilines is 1. The third-order valence-electron chi connectivity index (χ3n) is 4.75. The smallest absolute Gasteiger partial charge is 0.255 e. The second kappa shape index (κ2) is 9.30. The highest BCUT2D eigenvalue weighted by Crippen LogP contribution is 2.25. The van der Waals surface area contributed by atoms with E-state index < -0.39 is 26.6 Å². The summed E-state index contributed by atoms with van der Waals surface area (Å²) >= 11 is 0. The number of benzene rings is 2. The first-order valence-electron chi connectivity index (χ1n) is 9.51. The minimum absolute atomic E-state index is 0.0973. The Morgan fingerprint density at radius 2 is 1.57 bits per heavy atom. The number of carbonyl (C=O) groups excluding carboxylic acids is 1. The fourth-order valence-corrected chi connectivity index (χ4v) is 4.68. The molecule has 0 aliphatic rings. The molecule has 28 heavy (non-hydrogen) atoms. The number of hydrogen-bond acceptors (Lipinski definition) is 3. The lowest BCUT2D eigenvalue weighted by Gasteiger charge is -2.19. The van der Waals surface area contributed by atoms with Crippen molar-refractivity contribution in [2.75, 3.05) is 18.4 Å². The first-order valence-corrected chi connectivity index (χ1v) is 11.0. The zero-order chi connectivity index (χ0) is 20.9. The monoisotopic (exact) mass is 406 g/mol. The van der Waals surface area contributed by atoms with E-state index in [2.05, 4.69) is 5.32 Å². The summed E-state index contributed by atoms with van der Waals surface area (Å²) in [6, 6.07) is 9.26. The summed E-state index contributed by atoms with van der Waals surface area (Å²) in [5.41, 5.74) is 2.81. The van der Waals surface area contributed by atoms with Gasteiger partial charge >= 0.3 is 0 Å². The average Bonchev–Trinajstić information content (AvgIpc) is 2.68. The molecule has 0 saturated heterocycles. The zero-order valence-electron chi connectivity index (χ0n) is 16.8. The van der Waals surface area contributed by atoms with Gasteiger partial charge in [-0.2, -0.15) is 4.31 Å². The van der Waals surface area contributed by atoms with Crippen molar-refractivity contribution in [3.63, 3.8) is 0 Å². The van der Waals surface area contributed by atoms with E-state index in [9.17, 15) is 17.6 Å². The molecule has 7 heteroatoms. The molecule has 0 aromatic heterocycles. The Hall–Kier alpha value is -2.25. The molecule has 0 aliphatic heterocycles. The van der Waals surface area contributed by atoms with Gasteiger partial charge in [-0.1, -0.05) is 45.9 Å². The van der Waals surface area contributed by atoms with Gasteiger partial charge in [-0.3, -0.25) is 4.79 Å². The normalized spacial score (nSPS) is 11.6. The first-order chi connectivity index (χ1) is 13.3. The van der Waals surface area contributed by atoms with E-state index in [0.717, 1.165) is 46.1 Å². The molecule has 152 valence electrons. The highest BCUT2D eigenvalue weighted by molar-refractivity contribution is 7.89. The van der Waals surface area contributed by atoms with Gasteiger partial charge < -0.3 is 5.32 Å². The van der Waals surface area contributed by atoms with Crippen LogP contribution in [-0.4, -0.2) is 31.7 Å². The number of rotatable bonds is 8. The van der Waals surface area contributed by atoms with Crippen molar-refractivity contribution in [2.24, 2.45) is 0 Å². The lowest BCUT2D eigenvalue weighted by molar-refractivity contribution is 0.102. The van der Waals surface area contributed by atoms with Gasteiger partial charge in [-0.25, -0.2) is 12.8 Å². The molecule has 0 unspecified atom stereocenters. The summed E-state index contributed by atoms with van der Waals surface area (Å²) < 4.78 is 40.9. The number of para-hydroxylation sites is 1. The van der Waals surface area contributed by atoms with Crippen molar-refractivity contribution in [3.05, 3.63) is 58.9 Å². The first kappa shape index (κ1) is 22.0. The third kappa shape index (κ3) is 4.42. The lowest BCUT2D eigenvalue weighted by Crippen LogP contribution is -2.31. The van der Waals surface area contributed by atoms with Crippen LogP contribution in [-0.2, 0) is 22.9 Å². The van der Waals surface area contributed by atoms with Crippen LogP contribution < -0.4 is 5.32 Å². The molecule has 2 rings (SSSR count). The highest BCUT2D eigenvalue weighted by atomic mass is 32.2. The minimum atomic E-state index is -4.01. The van der Waals surface area contributed by atoms with Crippen LogP contribution in [0.5, 0.6) is 0 Å². The number of halogens is 1. The minimum Gasteiger partial charge on any atom is -0.321 e. The maximum Gasteiger partial charge on any atom is 0.255 e. The molecular weight excluding hydrogens is 379 g/mol. The zero-order valence-corrected chi connectivity index (χ0v) is 17.6. The summed E-state index contributed by atoms with van der Waals surface area (Å²) in [5.74, 6) is -1.33. The van der Waals surface area contributed by atoms with E-state index in [1.807, 2.05) is 32.0 Å². The van der Waals surface area contributed by atoms with Gasteiger partial charge in [0.1, 0.15) is 10.7 Å². The van der Waals surface area contributed by atoms with E-state index in [4.69, 9.17) is 0 Å². The molecule has 0 saturated carbocycles. The molecule has 0 fully saturated rings. The number of nitrogens with one attached hydrogen (secondary N) is 1. The molecule has 0 spiro atoms. The number of sulfonamides is 1. The third-order valence-corrected chi connectivity index (χ3v) is 6.82. The second-order valence-corrected chi connectivity index (χ2v) is 8.25. The quantitative estimate of drug-likeness (QED) is 0.713. The van der Waals surface area contributed by atoms with E-state index in [1.54, 1.807) is 13.8 Å². The molecule has 1 N–H and O–H groups in total. The van der Waals surface area contributed by atoms with Crippen molar-refractivity contribution in [1.29, 1.82) is 0 Å². The van der Waals surface area contributed by atoms with Gasteiger partial charge in [-0.05, 0) is 42.2 Å². The molecular formula is C21H27FN2O3S. The summed E-state index contributed by atoms with van der Waals surface area (Å²) in [4.78, 5) is 12.3. The Labute approximate surface area is 166 Å². The number of nitrogens with zero attached hydrogens (tertiary/aromatic N) is 1. The molecule has 0 heterocycles. The van der Waals surface area contributed by atoms with Crippen LogP contribution in [0.1, 0.15) is 49.2 Å². The summed E-state index contributed by atoms with van der Waals surface area (Å²) in [5, 5.41) is 2.88. The van der Waals surface area contributed by atoms with Crippen LogP contribution in [0.2, 0.25) is 0 Å². The van der Waals surface area contributed by atoms with Crippen molar-refractivity contribution < 1.29 is 17.6 Å². The maximum atomic E-state index is 14.3. The van der Waals surface area contributed by atoms with E-state index >= 15 is 0 Å². The Kier molecular flexibility index (Phi) is 7.32. The average molecular weight is 407 g/mol. The van der Waals surface area contributed by atoms with Gasteiger partial charge in [0.2, 0.25) is 10.0 Å². The molecule has 2 aromatic rings. The molecule has 5 nitrogen and oxygen atoms in total. The standard InChI is InChI=1S/C21H27FN2O3S/c1-5-15-10-9-11-16(6-2)20(15)23-21(25)17-12-13-18(22)19(14-17)28(26,27)24(7-3)8-4/h9-14H,5-8H2,1-4H3,(H,23,25). The summed E-state index contributed by atoms with van der Waals surface area (Å²) in [6.45, 7) is 7.80. The SMILES string of the molecule is CCc1cccc(CC)c1NC(=O)c1ccc(F)c(S(=O)(=O)N(CC)CC)c1. The van der Waals surface area contributed by atoms with E-state index in [-0.39, 0.29) is 18.7 Å². The number of hydrogen-bond donors (Lipinski definition) is 1. The maximum absolute atomic E-state index is 14.3. The Bertz CT molecular complexity index is 932. The Morgan fingerprint density at radius 3 is 2.07 bits per heavy atom. The predicted octanol–water partition coefficient (Wildman–Crippen LogP) is 4.23. The fraction of sp³-hybridized carbons (Fsp3) is 0.381. The van der Waals surface area contributed by atoms with Crippen LogP contribution >= 0.6 is 0 Å². The van der Waals surface area contributed by atoms with Crippen LogP contribution in [0.3, 0.4) is 0 Å². The molecule has 1 amide bonds. The van der Waals surface area contributed by atoms with Crippen LogP contribution in [0.15, 0.2) is 41.3 Å². The lowest BCUT2D eigenvalue weighted by atomic mass is 10.0. The van der Waals surface area contributed by atoms with Gasteiger partial charge in [0.15, 0.2) is 0 Å². The van der Waals surface area contributed by atoms with Crippen molar-refractivity contribution >= 4 is 21.6 Å². The van der Waals surface area contributed by atoms with Crippen LogP contribution in [0, 0.1) is 5.82 Å². The van der Waals surface area contributed by atoms with E-state index in [0.29, 0.717) is 0 Å². The molecule has 2 aromatic carbocycles. The Morgan fingerprint density at radius 1 is 1.00 bits per heavy atom. The summed E-state index contributed by atoms with van der Waals surface area (Å²) in [6.07, 6.45) is 1.49. The van der Waals surface area contributed by atoms with E-state index in [1.165, 1.54) is 6.07 Å². The summed E-state index contributed by atoms with van der Waals surface area (Å²) in [7, 11) is -4.01. The number of aryl methyl sites for hydroxylation is 2. The molecule has 0 bridgehead atoms. The van der Waals surface area contributed by atoms with Gasteiger partial charge in [0, 0.05) is 24.3 Å². The topological polar surface area (TPSA) is 66.5 Å². The molecule has 0 atom stereocenters. The molecule has 0 radical (unpaired) electrons.